The minimum atomic E-state index is -1.20. The minimum Gasteiger partial charge on any atom is -0.378 e. The number of rotatable bonds is 3. The van der Waals surface area contributed by atoms with Gasteiger partial charge in [-0.25, -0.2) is 5.43 Å². The summed E-state index contributed by atoms with van der Waals surface area (Å²) in [5, 5.41) is 14.3. The van der Waals surface area contributed by atoms with Gasteiger partial charge in [-0.3, -0.25) is 4.79 Å². The molecule has 0 aromatic heterocycles. The molecule has 0 unspecified atom stereocenters. The zero-order valence-electron chi connectivity index (χ0n) is 12.2. The van der Waals surface area contributed by atoms with Crippen molar-refractivity contribution in [1.82, 2.24) is 5.43 Å². The zero-order chi connectivity index (χ0) is 15.4. The summed E-state index contributed by atoms with van der Waals surface area (Å²) in [6.45, 7) is 0. The quantitative estimate of drug-likeness (QED) is 0.855. The van der Waals surface area contributed by atoms with Crippen molar-refractivity contribution in [2.24, 2.45) is 5.10 Å². The lowest BCUT2D eigenvalue weighted by molar-refractivity contribution is -0.129. The van der Waals surface area contributed by atoms with Gasteiger partial charge >= 0.3 is 0 Å². The number of carbonyl (C=O) groups is 1. The van der Waals surface area contributed by atoms with Crippen LogP contribution in [0.15, 0.2) is 59.7 Å². The Hall–Kier alpha value is -2.46. The summed E-state index contributed by atoms with van der Waals surface area (Å²) in [6.07, 6.45) is 1.69. The van der Waals surface area contributed by atoms with Gasteiger partial charge in [0, 0.05) is 5.56 Å². The highest BCUT2D eigenvalue weighted by atomic mass is 16.3. The first-order valence-electron chi connectivity index (χ1n) is 7.43. The molecule has 0 heterocycles. The molecule has 3 rings (SSSR count). The van der Waals surface area contributed by atoms with Gasteiger partial charge in [0.05, 0.1) is 5.71 Å². The van der Waals surface area contributed by atoms with Crippen LogP contribution in [0.2, 0.25) is 0 Å². The Labute approximate surface area is 129 Å². The molecule has 22 heavy (non-hydrogen) atoms. The molecule has 0 bridgehead atoms. The van der Waals surface area contributed by atoms with Crippen LogP contribution >= 0.6 is 0 Å². The maximum absolute atomic E-state index is 12.0. The van der Waals surface area contributed by atoms with Crippen molar-refractivity contribution in [3.8, 4) is 0 Å². The molecule has 112 valence electrons. The molecule has 1 amide bonds. The predicted octanol–water partition coefficient (Wildman–Crippen LogP) is 2.58. The summed E-state index contributed by atoms with van der Waals surface area (Å²) < 4.78 is 0. The van der Waals surface area contributed by atoms with Crippen LogP contribution in [0.1, 0.15) is 35.6 Å². The number of amides is 1. The average Bonchev–Trinajstić information content (AvgIpc) is 2.59. The standard InChI is InChI=1S/C18H18N2O2/c21-17(14-8-2-1-3-9-14)18(22)20-19-16-12-6-10-13-7-4-5-11-15(13)16/h1-5,7-9,11,17,21H,6,10,12H2,(H,20,22)/b19-16-/t17-/m1/s1. The van der Waals surface area contributed by atoms with Gasteiger partial charge < -0.3 is 5.11 Å². The van der Waals surface area contributed by atoms with Crippen molar-refractivity contribution in [2.45, 2.75) is 25.4 Å². The highest BCUT2D eigenvalue weighted by Gasteiger charge is 2.18. The SMILES string of the molecule is O=C(N/N=C1/CCCc2ccccc21)[C@H](O)c1ccccc1. The zero-order valence-corrected chi connectivity index (χ0v) is 12.2. The number of nitrogens with one attached hydrogen (secondary N) is 1. The topological polar surface area (TPSA) is 61.7 Å². The van der Waals surface area contributed by atoms with Crippen molar-refractivity contribution in [1.29, 1.82) is 0 Å². The first kappa shape index (κ1) is 14.5. The van der Waals surface area contributed by atoms with E-state index in [4.69, 9.17) is 0 Å². The minimum absolute atomic E-state index is 0.512. The van der Waals surface area contributed by atoms with E-state index in [0.717, 1.165) is 30.5 Å². The van der Waals surface area contributed by atoms with E-state index in [-0.39, 0.29) is 0 Å². The van der Waals surface area contributed by atoms with Crippen LogP contribution in [0.25, 0.3) is 0 Å². The Balaban J connectivity index is 1.73. The molecule has 2 aromatic rings. The van der Waals surface area contributed by atoms with E-state index in [9.17, 15) is 9.90 Å². The molecular formula is C18H18N2O2. The molecule has 4 heteroatoms. The van der Waals surface area contributed by atoms with Gasteiger partial charge in [0.2, 0.25) is 0 Å². The lowest BCUT2D eigenvalue weighted by Gasteiger charge is -2.17. The first-order chi connectivity index (χ1) is 10.8. The number of aryl methyl sites for hydroxylation is 1. The van der Waals surface area contributed by atoms with Crippen molar-refractivity contribution in [3.63, 3.8) is 0 Å². The molecular weight excluding hydrogens is 276 g/mol. The second-order valence-corrected chi connectivity index (χ2v) is 5.36. The first-order valence-corrected chi connectivity index (χ1v) is 7.43. The molecule has 2 aromatic carbocycles. The van der Waals surface area contributed by atoms with Gasteiger partial charge in [-0.1, -0.05) is 54.6 Å². The number of hydrogen-bond acceptors (Lipinski definition) is 3. The van der Waals surface area contributed by atoms with Crippen LogP contribution in [0.4, 0.5) is 0 Å². The lowest BCUT2D eigenvalue weighted by Crippen LogP contribution is -2.27. The summed E-state index contributed by atoms with van der Waals surface area (Å²) in [4.78, 5) is 12.0. The molecule has 0 fully saturated rings. The molecule has 0 aliphatic heterocycles. The summed E-state index contributed by atoms with van der Waals surface area (Å²) in [5.74, 6) is -0.512. The maximum Gasteiger partial charge on any atom is 0.273 e. The number of hydrogen-bond donors (Lipinski definition) is 2. The van der Waals surface area contributed by atoms with Gasteiger partial charge in [0.1, 0.15) is 0 Å². The largest absolute Gasteiger partial charge is 0.378 e. The van der Waals surface area contributed by atoms with Gasteiger partial charge in [-0.2, -0.15) is 5.10 Å². The molecule has 2 N–H and O–H groups in total. The van der Waals surface area contributed by atoms with E-state index in [2.05, 4.69) is 16.6 Å². The number of aliphatic hydroxyl groups excluding tert-OH is 1. The van der Waals surface area contributed by atoms with Gasteiger partial charge in [0.15, 0.2) is 6.10 Å². The molecule has 4 nitrogen and oxygen atoms in total. The van der Waals surface area contributed by atoms with Crippen LogP contribution in [0.3, 0.4) is 0 Å². The van der Waals surface area contributed by atoms with E-state index >= 15 is 0 Å². The average molecular weight is 294 g/mol. The van der Waals surface area contributed by atoms with Crippen molar-refractivity contribution >= 4 is 11.6 Å². The smallest absolute Gasteiger partial charge is 0.273 e. The van der Waals surface area contributed by atoms with Gasteiger partial charge in [-0.15, -0.1) is 0 Å². The third-order valence-corrected chi connectivity index (χ3v) is 3.85. The fraction of sp³-hybridized carbons (Fsp3) is 0.222. The normalized spacial score (nSPS) is 16.9. The monoisotopic (exact) mass is 294 g/mol. The Bertz CT molecular complexity index is 695. The van der Waals surface area contributed by atoms with Crippen molar-refractivity contribution < 1.29 is 9.90 Å². The Morgan fingerprint density at radius 1 is 1.05 bits per heavy atom. The molecule has 1 aliphatic carbocycles. The number of carbonyl (C=O) groups excluding carboxylic acids is 1. The Kier molecular flexibility index (Phi) is 4.30. The van der Waals surface area contributed by atoms with Crippen molar-refractivity contribution in [2.75, 3.05) is 0 Å². The van der Waals surface area contributed by atoms with E-state index in [1.165, 1.54) is 5.56 Å². The van der Waals surface area contributed by atoms with E-state index in [1.54, 1.807) is 24.3 Å². The number of nitrogens with zero attached hydrogens (tertiary/aromatic N) is 1. The fourth-order valence-electron chi connectivity index (χ4n) is 2.69. The third kappa shape index (κ3) is 3.07. The van der Waals surface area contributed by atoms with E-state index in [0.29, 0.717) is 5.56 Å². The van der Waals surface area contributed by atoms with Crippen LogP contribution in [0, 0.1) is 0 Å². The van der Waals surface area contributed by atoms with Crippen LogP contribution < -0.4 is 5.43 Å². The highest BCUT2D eigenvalue weighted by molar-refractivity contribution is 6.03. The van der Waals surface area contributed by atoms with E-state index in [1.807, 2.05) is 24.3 Å². The van der Waals surface area contributed by atoms with Crippen LogP contribution in [-0.4, -0.2) is 16.7 Å². The molecule has 0 spiro atoms. The Morgan fingerprint density at radius 2 is 1.77 bits per heavy atom. The summed E-state index contributed by atoms with van der Waals surface area (Å²) in [6, 6.07) is 16.9. The second kappa shape index (κ2) is 6.54. The maximum atomic E-state index is 12.0. The predicted molar refractivity (Wildman–Crippen MR) is 85.5 cm³/mol. The van der Waals surface area contributed by atoms with Crippen LogP contribution in [-0.2, 0) is 11.2 Å². The van der Waals surface area contributed by atoms with E-state index < -0.39 is 12.0 Å². The number of benzene rings is 2. The molecule has 0 radical (unpaired) electrons. The Morgan fingerprint density at radius 3 is 2.59 bits per heavy atom. The summed E-state index contributed by atoms with van der Waals surface area (Å²) in [7, 11) is 0. The molecule has 0 saturated carbocycles. The summed E-state index contributed by atoms with van der Waals surface area (Å²) in [5.41, 5.74) is 6.26. The third-order valence-electron chi connectivity index (χ3n) is 3.85. The number of hydrazone groups is 1. The highest BCUT2D eigenvalue weighted by Crippen LogP contribution is 2.21. The van der Waals surface area contributed by atoms with Crippen molar-refractivity contribution in [3.05, 3.63) is 71.3 Å². The molecule has 1 aliphatic rings. The van der Waals surface area contributed by atoms with Gasteiger partial charge in [-0.05, 0) is 30.4 Å². The van der Waals surface area contributed by atoms with Gasteiger partial charge in [0.25, 0.3) is 5.91 Å². The lowest BCUT2D eigenvalue weighted by atomic mass is 9.90. The number of aliphatic hydroxyl groups is 1. The molecule has 0 saturated heterocycles. The molecule has 1 atom stereocenters. The summed E-state index contributed by atoms with van der Waals surface area (Å²) >= 11 is 0. The fourth-order valence-corrected chi connectivity index (χ4v) is 2.69. The van der Waals surface area contributed by atoms with Crippen LogP contribution in [0.5, 0.6) is 0 Å². The second-order valence-electron chi connectivity index (χ2n) is 5.36. The number of fused-ring (bicyclic) bond motifs is 1.